The Hall–Kier alpha value is -2.73. The molecule has 0 atom stereocenters. The van der Waals surface area contributed by atoms with Gasteiger partial charge in [0.15, 0.2) is 0 Å². The third kappa shape index (κ3) is 1.96. The molecular weight excluding hydrogens is 280 g/mol. The minimum Gasteiger partial charge on any atom is -0.478 e. The maximum atomic E-state index is 11.4. The van der Waals surface area contributed by atoms with Gasteiger partial charge in [0.1, 0.15) is 5.82 Å². The Morgan fingerprint density at radius 1 is 1.27 bits per heavy atom. The van der Waals surface area contributed by atoms with E-state index in [1.54, 1.807) is 0 Å². The van der Waals surface area contributed by atoms with E-state index >= 15 is 0 Å². The van der Waals surface area contributed by atoms with Crippen molar-refractivity contribution in [2.24, 2.45) is 0 Å². The number of nitrogens with one attached hydrogen (secondary N) is 1. The predicted octanol–water partition coefficient (Wildman–Crippen LogP) is 1.90. The van der Waals surface area contributed by atoms with Crippen LogP contribution in [0.3, 0.4) is 0 Å². The highest BCUT2D eigenvalue weighted by Gasteiger charge is 2.16. The molecule has 3 heterocycles. The molecule has 1 aromatic carbocycles. The molecule has 0 fully saturated rings. The molecule has 1 aliphatic heterocycles. The van der Waals surface area contributed by atoms with E-state index < -0.39 is 5.97 Å². The number of carbonyl (C=O) groups is 1. The molecule has 6 nitrogen and oxygen atoms in total. The van der Waals surface area contributed by atoms with Crippen molar-refractivity contribution in [2.75, 3.05) is 6.54 Å². The van der Waals surface area contributed by atoms with Gasteiger partial charge < -0.3 is 9.67 Å². The van der Waals surface area contributed by atoms with Crippen LogP contribution < -0.4 is 5.32 Å². The van der Waals surface area contributed by atoms with Gasteiger partial charge in [-0.25, -0.2) is 9.78 Å². The number of aromatic carboxylic acids is 1. The topological polar surface area (TPSA) is 80.0 Å². The van der Waals surface area contributed by atoms with Crippen molar-refractivity contribution in [1.82, 2.24) is 19.9 Å². The fraction of sp³-hybridized carbons (Fsp3) is 0.188. The maximum absolute atomic E-state index is 11.4. The number of fused-ring (bicyclic) bond motifs is 2. The average molecular weight is 294 g/mol. The van der Waals surface area contributed by atoms with E-state index in [9.17, 15) is 9.90 Å². The Balaban J connectivity index is 1.91. The molecule has 0 saturated heterocycles. The fourth-order valence-corrected chi connectivity index (χ4v) is 2.90. The predicted molar refractivity (Wildman–Crippen MR) is 81.6 cm³/mol. The second-order valence-electron chi connectivity index (χ2n) is 5.29. The monoisotopic (exact) mass is 294 g/mol. The van der Waals surface area contributed by atoms with Crippen LogP contribution in [0.15, 0.2) is 36.7 Å². The van der Waals surface area contributed by atoms with Crippen molar-refractivity contribution in [1.29, 1.82) is 0 Å². The number of rotatable bonds is 2. The highest BCUT2D eigenvalue weighted by molar-refractivity contribution is 6.03. The van der Waals surface area contributed by atoms with E-state index in [4.69, 9.17) is 0 Å². The molecule has 0 saturated carbocycles. The van der Waals surface area contributed by atoms with Crippen LogP contribution in [-0.2, 0) is 13.1 Å². The Morgan fingerprint density at radius 2 is 2.18 bits per heavy atom. The second-order valence-corrected chi connectivity index (χ2v) is 5.29. The molecule has 1 aliphatic rings. The van der Waals surface area contributed by atoms with E-state index in [0.717, 1.165) is 36.7 Å². The van der Waals surface area contributed by atoms with Gasteiger partial charge in [0.05, 0.1) is 29.6 Å². The molecule has 2 aromatic heterocycles. The number of aromatic nitrogens is 3. The summed E-state index contributed by atoms with van der Waals surface area (Å²) in [5.74, 6) is 0.111. The van der Waals surface area contributed by atoms with Gasteiger partial charge in [-0.1, -0.05) is 6.07 Å². The quantitative estimate of drug-likeness (QED) is 0.754. The first-order valence-corrected chi connectivity index (χ1v) is 7.11. The zero-order valence-corrected chi connectivity index (χ0v) is 11.8. The fourth-order valence-electron chi connectivity index (χ4n) is 2.90. The van der Waals surface area contributed by atoms with E-state index in [2.05, 4.69) is 19.9 Å². The summed E-state index contributed by atoms with van der Waals surface area (Å²) in [6.45, 7) is 1.66. The molecule has 0 amide bonds. The van der Waals surface area contributed by atoms with Crippen molar-refractivity contribution in [3.8, 4) is 11.3 Å². The summed E-state index contributed by atoms with van der Waals surface area (Å²) >= 11 is 0. The lowest BCUT2D eigenvalue weighted by atomic mass is 10.0. The number of imidazole rings is 1. The lowest BCUT2D eigenvalue weighted by molar-refractivity contribution is 0.0699. The first-order chi connectivity index (χ1) is 10.7. The normalized spacial score (nSPS) is 14.0. The van der Waals surface area contributed by atoms with Crippen LogP contribution in [0, 0.1) is 0 Å². The first-order valence-electron chi connectivity index (χ1n) is 7.11. The van der Waals surface area contributed by atoms with Crippen LogP contribution in [0.5, 0.6) is 0 Å². The summed E-state index contributed by atoms with van der Waals surface area (Å²) in [7, 11) is 0. The maximum Gasteiger partial charge on any atom is 0.336 e. The summed E-state index contributed by atoms with van der Waals surface area (Å²) in [5.41, 5.74) is 2.89. The van der Waals surface area contributed by atoms with Crippen molar-refractivity contribution in [2.45, 2.75) is 13.1 Å². The van der Waals surface area contributed by atoms with Crippen molar-refractivity contribution < 1.29 is 9.90 Å². The average Bonchev–Trinajstić information content (AvgIpc) is 2.97. The SMILES string of the molecule is O=C(O)c1ccnc2ccc(-c3cnc4n3CNCC4)cc12. The molecule has 6 heteroatoms. The molecule has 0 unspecified atom stereocenters. The van der Waals surface area contributed by atoms with E-state index in [0.29, 0.717) is 10.9 Å². The number of nitrogens with zero attached hydrogens (tertiary/aromatic N) is 3. The minimum absolute atomic E-state index is 0.267. The molecule has 3 aromatic rings. The minimum atomic E-state index is -0.943. The Labute approximate surface area is 126 Å². The summed E-state index contributed by atoms with van der Waals surface area (Å²) < 4.78 is 2.13. The third-order valence-corrected chi connectivity index (χ3v) is 4.00. The van der Waals surface area contributed by atoms with Gasteiger partial charge in [-0.05, 0) is 18.2 Å². The van der Waals surface area contributed by atoms with E-state index in [1.807, 2.05) is 24.4 Å². The van der Waals surface area contributed by atoms with Crippen molar-refractivity contribution >= 4 is 16.9 Å². The number of pyridine rings is 1. The highest BCUT2D eigenvalue weighted by Crippen LogP contribution is 2.27. The highest BCUT2D eigenvalue weighted by atomic mass is 16.4. The van der Waals surface area contributed by atoms with Gasteiger partial charge in [-0.2, -0.15) is 0 Å². The first kappa shape index (κ1) is 13.0. The molecular formula is C16H14N4O2. The molecule has 0 spiro atoms. The summed E-state index contributed by atoms with van der Waals surface area (Å²) in [6.07, 6.45) is 4.27. The smallest absolute Gasteiger partial charge is 0.336 e. The number of hydrogen-bond acceptors (Lipinski definition) is 4. The molecule has 0 bridgehead atoms. The Morgan fingerprint density at radius 3 is 3.05 bits per heavy atom. The van der Waals surface area contributed by atoms with E-state index in [-0.39, 0.29) is 5.56 Å². The van der Waals surface area contributed by atoms with Crippen LogP contribution in [0.1, 0.15) is 16.2 Å². The number of hydrogen-bond donors (Lipinski definition) is 2. The van der Waals surface area contributed by atoms with Crippen LogP contribution >= 0.6 is 0 Å². The second kappa shape index (κ2) is 4.92. The third-order valence-electron chi connectivity index (χ3n) is 4.00. The van der Waals surface area contributed by atoms with Crippen LogP contribution in [0.25, 0.3) is 22.2 Å². The van der Waals surface area contributed by atoms with Crippen LogP contribution in [-0.4, -0.2) is 32.2 Å². The van der Waals surface area contributed by atoms with Gasteiger partial charge in [-0.3, -0.25) is 10.3 Å². The standard InChI is InChI=1S/C16H14N4O2/c21-16(22)11-3-6-18-13-2-1-10(7-12(11)13)14-8-19-15-4-5-17-9-20(14)15/h1-3,6-8,17H,4-5,9H2,(H,21,22). The molecule has 0 aliphatic carbocycles. The molecule has 22 heavy (non-hydrogen) atoms. The van der Waals surface area contributed by atoms with Gasteiger partial charge in [0.25, 0.3) is 0 Å². The Bertz CT molecular complexity index is 885. The Kier molecular flexibility index (Phi) is 2.90. The number of benzene rings is 1. The van der Waals surface area contributed by atoms with Gasteiger partial charge >= 0.3 is 5.97 Å². The van der Waals surface area contributed by atoms with Gasteiger partial charge in [-0.15, -0.1) is 0 Å². The lowest BCUT2D eigenvalue weighted by Crippen LogP contribution is -2.29. The van der Waals surface area contributed by atoms with Crippen LogP contribution in [0.2, 0.25) is 0 Å². The summed E-state index contributed by atoms with van der Waals surface area (Å²) in [4.78, 5) is 20.1. The zero-order chi connectivity index (χ0) is 15.1. The van der Waals surface area contributed by atoms with Crippen molar-refractivity contribution in [3.63, 3.8) is 0 Å². The largest absolute Gasteiger partial charge is 0.478 e. The summed E-state index contributed by atoms with van der Waals surface area (Å²) in [5, 5.41) is 13.3. The molecule has 110 valence electrons. The molecule has 0 radical (unpaired) electrons. The zero-order valence-electron chi connectivity index (χ0n) is 11.8. The van der Waals surface area contributed by atoms with Gasteiger partial charge in [0.2, 0.25) is 0 Å². The molecule has 2 N–H and O–H groups in total. The number of carboxylic acid groups (broad SMARTS) is 1. The number of carboxylic acids is 1. The van der Waals surface area contributed by atoms with Crippen LogP contribution in [0.4, 0.5) is 0 Å². The van der Waals surface area contributed by atoms with E-state index in [1.165, 1.54) is 12.3 Å². The molecule has 4 rings (SSSR count). The van der Waals surface area contributed by atoms with Gasteiger partial charge in [0, 0.05) is 30.1 Å². The lowest BCUT2D eigenvalue weighted by Gasteiger charge is -2.18. The van der Waals surface area contributed by atoms with Crippen molar-refractivity contribution in [3.05, 3.63) is 48.0 Å². The summed E-state index contributed by atoms with van der Waals surface area (Å²) in [6, 6.07) is 7.22.